The van der Waals surface area contributed by atoms with Crippen molar-refractivity contribution >= 4 is 27.3 Å². The fourth-order valence-corrected chi connectivity index (χ4v) is 3.04. The molecule has 0 unspecified atom stereocenters. The number of thiophene rings is 1. The maximum absolute atomic E-state index is 5.91. The van der Waals surface area contributed by atoms with Gasteiger partial charge in [-0.05, 0) is 33.4 Å². The fraction of sp³-hybridized carbons (Fsp3) is 0. The molecule has 0 saturated heterocycles. The van der Waals surface area contributed by atoms with Crippen molar-refractivity contribution in [1.82, 2.24) is 0 Å². The van der Waals surface area contributed by atoms with E-state index in [2.05, 4.69) is 22.0 Å². The monoisotopic (exact) mass is 304 g/mol. The Morgan fingerprint density at radius 1 is 1.00 bits per heavy atom. The Labute approximate surface area is 112 Å². The van der Waals surface area contributed by atoms with Gasteiger partial charge in [0.05, 0.1) is 9.35 Å². The Balaban J connectivity index is 2.08. The summed E-state index contributed by atoms with van der Waals surface area (Å²) < 4.78 is 6.91. The van der Waals surface area contributed by atoms with Crippen molar-refractivity contribution in [2.45, 2.75) is 0 Å². The van der Waals surface area contributed by atoms with Crippen LogP contribution in [-0.2, 0) is 0 Å². The zero-order chi connectivity index (χ0) is 11.7. The van der Waals surface area contributed by atoms with Crippen LogP contribution in [0.1, 0.15) is 0 Å². The first-order chi connectivity index (χ1) is 8.34. The summed E-state index contributed by atoms with van der Waals surface area (Å²) in [6.45, 7) is 0. The molecule has 0 bridgehead atoms. The average molecular weight is 305 g/mol. The molecule has 2 heterocycles. The molecule has 17 heavy (non-hydrogen) atoms. The normalized spacial score (nSPS) is 10.6. The summed E-state index contributed by atoms with van der Waals surface area (Å²) >= 11 is 5.22. The van der Waals surface area contributed by atoms with Crippen molar-refractivity contribution in [1.29, 1.82) is 0 Å². The van der Waals surface area contributed by atoms with Crippen LogP contribution in [0.5, 0.6) is 0 Å². The predicted octanol–water partition coefficient (Wildman–Crippen LogP) is 5.44. The molecule has 1 aromatic carbocycles. The van der Waals surface area contributed by atoms with Crippen molar-refractivity contribution in [3.63, 3.8) is 0 Å². The SMILES string of the molecule is Brc1cc(-c2ccccc2)oc1-c1cccs1. The molecular weight excluding hydrogens is 296 g/mol. The van der Waals surface area contributed by atoms with E-state index in [1.807, 2.05) is 47.8 Å². The van der Waals surface area contributed by atoms with Gasteiger partial charge in [-0.3, -0.25) is 0 Å². The van der Waals surface area contributed by atoms with Crippen LogP contribution in [0.4, 0.5) is 0 Å². The maximum Gasteiger partial charge on any atom is 0.158 e. The number of furan rings is 1. The Morgan fingerprint density at radius 2 is 1.82 bits per heavy atom. The van der Waals surface area contributed by atoms with Crippen molar-refractivity contribution in [3.05, 3.63) is 58.4 Å². The molecule has 0 fully saturated rings. The molecule has 0 radical (unpaired) electrons. The first-order valence-electron chi connectivity index (χ1n) is 5.23. The molecule has 0 aliphatic rings. The average Bonchev–Trinajstić information content (AvgIpc) is 2.99. The highest BCUT2D eigenvalue weighted by Gasteiger charge is 2.12. The third-order valence-corrected chi connectivity index (χ3v) is 3.95. The summed E-state index contributed by atoms with van der Waals surface area (Å²) in [6, 6.07) is 16.2. The van der Waals surface area contributed by atoms with E-state index in [1.54, 1.807) is 11.3 Å². The fourth-order valence-electron chi connectivity index (χ4n) is 1.69. The van der Waals surface area contributed by atoms with Crippen LogP contribution in [0.15, 0.2) is 62.8 Å². The van der Waals surface area contributed by atoms with E-state index in [-0.39, 0.29) is 0 Å². The summed E-state index contributed by atoms with van der Waals surface area (Å²) in [5.41, 5.74) is 1.09. The van der Waals surface area contributed by atoms with Gasteiger partial charge in [-0.25, -0.2) is 0 Å². The third kappa shape index (κ3) is 2.08. The van der Waals surface area contributed by atoms with Crippen LogP contribution in [0.2, 0.25) is 0 Å². The lowest BCUT2D eigenvalue weighted by Crippen LogP contribution is -1.70. The van der Waals surface area contributed by atoms with Crippen LogP contribution in [0.25, 0.3) is 22.0 Å². The molecule has 2 aromatic heterocycles. The topological polar surface area (TPSA) is 13.1 Å². The van der Waals surface area contributed by atoms with E-state index >= 15 is 0 Å². The Morgan fingerprint density at radius 3 is 2.53 bits per heavy atom. The Bertz CT molecular complexity index is 611. The van der Waals surface area contributed by atoms with E-state index in [1.165, 1.54) is 0 Å². The second-order valence-electron chi connectivity index (χ2n) is 3.63. The van der Waals surface area contributed by atoms with Gasteiger partial charge in [0.25, 0.3) is 0 Å². The summed E-state index contributed by atoms with van der Waals surface area (Å²) in [7, 11) is 0. The minimum Gasteiger partial charge on any atom is -0.454 e. The van der Waals surface area contributed by atoms with Gasteiger partial charge in [0.1, 0.15) is 5.76 Å². The van der Waals surface area contributed by atoms with Gasteiger partial charge in [0.15, 0.2) is 5.76 Å². The molecule has 3 rings (SSSR count). The highest BCUT2D eigenvalue weighted by atomic mass is 79.9. The largest absolute Gasteiger partial charge is 0.454 e. The van der Waals surface area contributed by atoms with E-state index in [9.17, 15) is 0 Å². The first kappa shape index (κ1) is 10.8. The zero-order valence-corrected chi connectivity index (χ0v) is 11.3. The molecule has 0 saturated carbocycles. The standard InChI is InChI=1S/C14H9BrOS/c15-11-9-12(10-5-2-1-3-6-10)16-14(11)13-7-4-8-17-13/h1-9H. The van der Waals surface area contributed by atoms with Crippen molar-refractivity contribution in [3.8, 4) is 22.0 Å². The molecular formula is C14H9BrOS. The predicted molar refractivity (Wildman–Crippen MR) is 75.2 cm³/mol. The van der Waals surface area contributed by atoms with Gasteiger partial charge in [-0.2, -0.15) is 0 Å². The maximum atomic E-state index is 5.91. The first-order valence-corrected chi connectivity index (χ1v) is 6.90. The van der Waals surface area contributed by atoms with Gasteiger partial charge in [-0.1, -0.05) is 36.4 Å². The minimum absolute atomic E-state index is 0.890. The van der Waals surface area contributed by atoms with Gasteiger partial charge in [0, 0.05) is 5.56 Å². The Hall–Kier alpha value is -1.32. The van der Waals surface area contributed by atoms with Crippen molar-refractivity contribution < 1.29 is 4.42 Å². The summed E-state index contributed by atoms with van der Waals surface area (Å²) in [5, 5.41) is 2.05. The third-order valence-electron chi connectivity index (χ3n) is 2.49. The molecule has 1 nitrogen and oxygen atoms in total. The number of benzene rings is 1. The van der Waals surface area contributed by atoms with Crippen LogP contribution in [-0.4, -0.2) is 0 Å². The van der Waals surface area contributed by atoms with E-state index < -0.39 is 0 Å². The molecule has 0 spiro atoms. The van der Waals surface area contributed by atoms with Crippen LogP contribution < -0.4 is 0 Å². The molecule has 3 heteroatoms. The van der Waals surface area contributed by atoms with Crippen molar-refractivity contribution in [2.24, 2.45) is 0 Å². The smallest absolute Gasteiger partial charge is 0.158 e. The molecule has 0 N–H and O–H groups in total. The summed E-state index contributed by atoms with van der Waals surface area (Å²) in [4.78, 5) is 1.14. The van der Waals surface area contributed by atoms with E-state index in [4.69, 9.17) is 4.42 Å². The molecule has 0 amide bonds. The molecule has 84 valence electrons. The molecule has 0 aliphatic heterocycles. The number of rotatable bonds is 2. The molecule has 0 aliphatic carbocycles. The lowest BCUT2D eigenvalue weighted by molar-refractivity contribution is 0.597. The lowest BCUT2D eigenvalue weighted by Gasteiger charge is -1.95. The number of hydrogen-bond acceptors (Lipinski definition) is 2. The lowest BCUT2D eigenvalue weighted by atomic mass is 10.2. The van der Waals surface area contributed by atoms with Crippen LogP contribution in [0, 0.1) is 0 Å². The van der Waals surface area contributed by atoms with E-state index in [0.717, 1.165) is 26.4 Å². The highest BCUT2D eigenvalue weighted by Crippen LogP contribution is 2.37. The van der Waals surface area contributed by atoms with Gasteiger partial charge >= 0.3 is 0 Å². The Kier molecular flexibility index (Phi) is 2.87. The molecule has 3 aromatic rings. The summed E-state index contributed by atoms with van der Waals surface area (Å²) in [6.07, 6.45) is 0. The number of halogens is 1. The second-order valence-corrected chi connectivity index (χ2v) is 5.43. The summed E-state index contributed by atoms with van der Waals surface area (Å²) in [5.74, 6) is 1.79. The minimum atomic E-state index is 0.890. The van der Waals surface area contributed by atoms with E-state index in [0.29, 0.717) is 0 Å². The van der Waals surface area contributed by atoms with Crippen molar-refractivity contribution in [2.75, 3.05) is 0 Å². The van der Waals surface area contributed by atoms with Gasteiger partial charge < -0.3 is 4.42 Å². The van der Waals surface area contributed by atoms with Gasteiger partial charge in [-0.15, -0.1) is 11.3 Å². The quantitative estimate of drug-likeness (QED) is 0.614. The van der Waals surface area contributed by atoms with Crippen LogP contribution in [0.3, 0.4) is 0 Å². The van der Waals surface area contributed by atoms with Crippen LogP contribution >= 0.6 is 27.3 Å². The van der Waals surface area contributed by atoms with Gasteiger partial charge in [0.2, 0.25) is 0 Å². The zero-order valence-electron chi connectivity index (χ0n) is 8.89. The second kappa shape index (κ2) is 4.51. The molecule has 0 atom stereocenters. The number of hydrogen-bond donors (Lipinski definition) is 0. The highest BCUT2D eigenvalue weighted by molar-refractivity contribution is 9.10.